The van der Waals surface area contributed by atoms with Crippen molar-refractivity contribution >= 4 is 22.4 Å². The first-order valence-corrected chi connectivity index (χ1v) is 4.20. The van der Waals surface area contributed by atoms with Crippen LogP contribution in [0.1, 0.15) is 0 Å². The van der Waals surface area contributed by atoms with Gasteiger partial charge in [-0.15, -0.1) is 0 Å². The van der Waals surface area contributed by atoms with Crippen LogP contribution >= 0.6 is 0 Å². The number of nitrogens with zero attached hydrogens (tertiary/aromatic N) is 1. The van der Waals surface area contributed by atoms with Crippen molar-refractivity contribution < 1.29 is 4.92 Å². The van der Waals surface area contributed by atoms with Crippen molar-refractivity contribution in [2.24, 2.45) is 0 Å². The molecule has 0 atom stereocenters. The number of anilines is 1. The van der Waals surface area contributed by atoms with E-state index in [0.717, 1.165) is 0 Å². The normalized spacial score (nSPS) is 10.5. The van der Waals surface area contributed by atoms with E-state index < -0.39 is 21.7 Å². The van der Waals surface area contributed by atoms with Gasteiger partial charge in [0.05, 0.1) is 10.4 Å². The molecule has 0 radical (unpaired) electrons. The number of nitrogen functional groups attached to an aromatic ring is 1. The number of nitro benzene ring substituents is 1. The first-order valence-electron chi connectivity index (χ1n) is 4.20. The summed E-state index contributed by atoms with van der Waals surface area (Å²) in [6, 6.07) is 2.67. The third kappa shape index (κ3) is 1.32. The highest BCUT2D eigenvalue weighted by atomic mass is 16.6. The number of rotatable bonds is 1. The van der Waals surface area contributed by atoms with E-state index in [9.17, 15) is 19.7 Å². The molecule has 0 aliphatic carbocycles. The summed E-state index contributed by atoms with van der Waals surface area (Å²) < 4.78 is 0. The van der Waals surface area contributed by atoms with Gasteiger partial charge in [-0.05, 0) is 12.1 Å². The Morgan fingerprint density at radius 1 is 1.19 bits per heavy atom. The number of H-pyrrole nitrogens is 2. The largest absolute Gasteiger partial charge is 0.393 e. The summed E-state index contributed by atoms with van der Waals surface area (Å²) in [7, 11) is 0. The van der Waals surface area contributed by atoms with Crippen molar-refractivity contribution in [1.82, 2.24) is 9.97 Å². The summed E-state index contributed by atoms with van der Waals surface area (Å²) >= 11 is 0. The highest BCUT2D eigenvalue weighted by molar-refractivity contribution is 5.90. The number of aromatic nitrogens is 2. The molecule has 1 aromatic carbocycles. The van der Waals surface area contributed by atoms with Crippen LogP contribution in [0.3, 0.4) is 0 Å². The van der Waals surface area contributed by atoms with Gasteiger partial charge in [-0.25, -0.2) is 0 Å². The monoisotopic (exact) mass is 222 g/mol. The van der Waals surface area contributed by atoms with Gasteiger partial charge in [0.2, 0.25) is 0 Å². The highest BCUT2D eigenvalue weighted by Crippen LogP contribution is 2.27. The zero-order valence-corrected chi connectivity index (χ0v) is 7.81. The lowest BCUT2D eigenvalue weighted by molar-refractivity contribution is -0.382. The first-order chi connectivity index (χ1) is 7.50. The van der Waals surface area contributed by atoms with E-state index >= 15 is 0 Å². The van der Waals surface area contributed by atoms with E-state index in [4.69, 9.17) is 5.73 Å². The Morgan fingerprint density at radius 3 is 2.44 bits per heavy atom. The molecule has 0 spiro atoms. The molecule has 0 bridgehead atoms. The van der Waals surface area contributed by atoms with Gasteiger partial charge in [0.1, 0.15) is 11.2 Å². The van der Waals surface area contributed by atoms with Crippen molar-refractivity contribution in [3.8, 4) is 0 Å². The Labute approximate surface area is 86.9 Å². The van der Waals surface area contributed by atoms with E-state index in [1.54, 1.807) is 0 Å². The predicted molar refractivity (Wildman–Crippen MR) is 56.3 cm³/mol. The minimum Gasteiger partial charge on any atom is -0.393 e. The second-order valence-corrected chi connectivity index (χ2v) is 3.09. The number of benzene rings is 1. The Hall–Kier alpha value is -2.64. The van der Waals surface area contributed by atoms with Crippen molar-refractivity contribution in [2.45, 2.75) is 0 Å². The van der Waals surface area contributed by atoms with Gasteiger partial charge >= 0.3 is 16.8 Å². The molecule has 0 aliphatic heterocycles. The van der Waals surface area contributed by atoms with Gasteiger partial charge < -0.3 is 15.7 Å². The minimum absolute atomic E-state index is 0.0831. The summed E-state index contributed by atoms with van der Waals surface area (Å²) in [6.45, 7) is 0. The van der Waals surface area contributed by atoms with Crippen LogP contribution in [-0.4, -0.2) is 14.9 Å². The van der Waals surface area contributed by atoms with E-state index in [-0.39, 0.29) is 16.7 Å². The molecule has 2 rings (SSSR count). The first kappa shape index (κ1) is 9.90. The maximum atomic E-state index is 11.1. The van der Waals surface area contributed by atoms with E-state index in [2.05, 4.69) is 9.97 Å². The van der Waals surface area contributed by atoms with E-state index in [1.165, 1.54) is 12.1 Å². The molecule has 0 fully saturated rings. The minimum atomic E-state index is -0.957. The summed E-state index contributed by atoms with van der Waals surface area (Å²) in [5, 5.41) is 10.7. The molecule has 8 nitrogen and oxygen atoms in total. The molecule has 2 aromatic rings. The second-order valence-electron chi connectivity index (χ2n) is 3.09. The standard InChI is InChI=1S/C8H6N4O4/c9-3-1-2-4-5(6(3)12(15)16)11-8(14)7(13)10-4/h1-2H,9H2,(H,10,13)(H,11,14). The molecule has 16 heavy (non-hydrogen) atoms. The molecule has 1 heterocycles. The van der Waals surface area contributed by atoms with Crippen LogP contribution in [-0.2, 0) is 0 Å². The van der Waals surface area contributed by atoms with Gasteiger partial charge in [0.25, 0.3) is 0 Å². The molecule has 0 saturated heterocycles. The van der Waals surface area contributed by atoms with Crippen molar-refractivity contribution in [3.63, 3.8) is 0 Å². The van der Waals surface area contributed by atoms with E-state index in [0.29, 0.717) is 0 Å². The Bertz CT molecular complexity index is 699. The maximum Gasteiger partial charge on any atom is 0.317 e. The third-order valence-electron chi connectivity index (χ3n) is 2.08. The highest BCUT2D eigenvalue weighted by Gasteiger charge is 2.18. The fourth-order valence-corrected chi connectivity index (χ4v) is 1.38. The van der Waals surface area contributed by atoms with Crippen LogP contribution < -0.4 is 16.9 Å². The Kier molecular flexibility index (Phi) is 1.97. The fraction of sp³-hybridized carbons (Fsp3) is 0. The van der Waals surface area contributed by atoms with Crippen LogP contribution in [0.5, 0.6) is 0 Å². The van der Waals surface area contributed by atoms with E-state index in [1.807, 2.05) is 0 Å². The predicted octanol–water partition coefficient (Wildman–Crippen LogP) is -0.293. The van der Waals surface area contributed by atoms with Gasteiger partial charge in [-0.1, -0.05) is 0 Å². The molecule has 0 saturated carbocycles. The fourth-order valence-electron chi connectivity index (χ4n) is 1.38. The average molecular weight is 222 g/mol. The summed E-state index contributed by atoms with van der Waals surface area (Å²) in [5.74, 6) is 0. The smallest absolute Gasteiger partial charge is 0.317 e. The maximum absolute atomic E-state index is 11.1. The Balaban J connectivity index is 3.04. The molecule has 1 aromatic heterocycles. The Morgan fingerprint density at radius 2 is 1.81 bits per heavy atom. The topological polar surface area (TPSA) is 135 Å². The van der Waals surface area contributed by atoms with Gasteiger partial charge in [0, 0.05) is 0 Å². The molecule has 4 N–H and O–H groups in total. The van der Waals surface area contributed by atoms with Crippen LogP contribution in [0.2, 0.25) is 0 Å². The number of hydrogen-bond donors (Lipinski definition) is 3. The number of nitrogens with two attached hydrogens (primary N) is 1. The number of aromatic amines is 2. The lowest BCUT2D eigenvalue weighted by Gasteiger charge is -2.01. The number of fused-ring (bicyclic) bond motifs is 1. The number of hydrogen-bond acceptors (Lipinski definition) is 5. The van der Waals surface area contributed by atoms with Crippen molar-refractivity contribution in [2.75, 3.05) is 5.73 Å². The summed E-state index contributed by atoms with van der Waals surface area (Å²) in [4.78, 5) is 36.4. The van der Waals surface area contributed by atoms with Crippen LogP contribution in [0.4, 0.5) is 11.4 Å². The molecule has 0 unspecified atom stereocenters. The lowest BCUT2D eigenvalue weighted by atomic mass is 10.2. The van der Waals surface area contributed by atoms with Crippen molar-refractivity contribution in [1.29, 1.82) is 0 Å². The number of nitro groups is 1. The zero-order valence-electron chi connectivity index (χ0n) is 7.81. The van der Waals surface area contributed by atoms with Crippen molar-refractivity contribution in [3.05, 3.63) is 43.0 Å². The molecular formula is C8H6N4O4. The van der Waals surface area contributed by atoms with Gasteiger partial charge in [0.15, 0.2) is 0 Å². The van der Waals surface area contributed by atoms with Crippen LogP contribution in [0.15, 0.2) is 21.7 Å². The van der Waals surface area contributed by atoms with Crippen LogP contribution in [0.25, 0.3) is 11.0 Å². The van der Waals surface area contributed by atoms with Gasteiger partial charge in [-0.3, -0.25) is 19.7 Å². The third-order valence-corrected chi connectivity index (χ3v) is 2.08. The van der Waals surface area contributed by atoms with Gasteiger partial charge in [-0.2, -0.15) is 0 Å². The lowest BCUT2D eigenvalue weighted by Crippen LogP contribution is -2.29. The SMILES string of the molecule is Nc1ccc2[nH]c(=O)c(=O)[nH]c2c1[N+](=O)[O-]. The molecule has 0 amide bonds. The molecular weight excluding hydrogens is 216 g/mol. The molecule has 82 valence electrons. The zero-order chi connectivity index (χ0) is 11.9. The second kappa shape index (κ2) is 3.19. The average Bonchev–Trinajstić information content (AvgIpc) is 2.20. The summed E-state index contributed by atoms with van der Waals surface area (Å²) in [5.41, 5.74) is 3.16. The quantitative estimate of drug-likeness (QED) is 0.263. The summed E-state index contributed by atoms with van der Waals surface area (Å²) in [6.07, 6.45) is 0. The number of nitrogens with one attached hydrogen (secondary N) is 2. The van der Waals surface area contributed by atoms with Crippen LogP contribution in [0, 0.1) is 10.1 Å². The molecule has 8 heteroatoms. The molecule has 0 aliphatic rings.